The number of hydrogen-bond donors (Lipinski definition) is 2. The normalized spacial score (nSPS) is 15.5. The fourth-order valence-electron chi connectivity index (χ4n) is 3.11. The Balaban J connectivity index is 2.26. The Hall–Kier alpha value is -1.98. The molecule has 2 rings (SSSR count). The van der Waals surface area contributed by atoms with E-state index in [0.717, 1.165) is 11.1 Å². The smallest absolute Gasteiger partial charge is 0.192 e. The summed E-state index contributed by atoms with van der Waals surface area (Å²) >= 11 is 0. The van der Waals surface area contributed by atoms with Crippen LogP contribution in [0.15, 0.2) is 79.4 Å². The maximum absolute atomic E-state index is 10.1. The van der Waals surface area contributed by atoms with Crippen LogP contribution in [0.5, 0.6) is 0 Å². The van der Waals surface area contributed by atoms with Gasteiger partial charge in [0.25, 0.3) is 0 Å². The van der Waals surface area contributed by atoms with E-state index in [1.807, 2.05) is 54.6 Å². The summed E-state index contributed by atoms with van der Waals surface area (Å²) in [5, 5.41) is 13.9. The van der Waals surface area contributed by atoms with Gasteiger partial charge in [0.2, 0.25) is 0 Å². The van der Waals surface area contributed by atoms with Crippen molar-refractivity contribution in [3.63, 3.8) is 0 Å². The van der Waals surface area contributed by atoms with E-state index in [-0.39, 0.29) is 29.6 Å². The van der Waals surface area contributed by atoms with Gasteiger partial charge in [-0.1, -0.05) is 99.7 Å². The lowest BCUT2D eigenvalue weighted by Gasteiger charge is -2.38. The maximum atomic E-state index is 10.1. The zero-order chi connectivity index (χ0) is 22.9. The highest BCUT2D eigenvalue weighted by Gasteiger charge is 2.38. The van der Waals surface area contributed by atoms with Crippen molar-refractivity contribution in [3.05, 3.63) is 90.5 Å². The molecule has 4 heteroatoms. The summed E-state index contributed by atoms with van der Waals surface area (Å²) in [7, 11) is -1.88. The van der Waals surface area contributed by atoms with Gasteiger partial charge in [0.05, 0.1) is 12.6 Å². The molecule has 0 amide bonds. The molecule has 0 radical (unpaired) electrons. The lowest BCUT2D eigenvalue weighted by atomic mass is 9.97. The molecule has 0 aliphatic rings. The van der Waals surface area contributed by atoms with Crippen molar-refractivity contribution < 1.29 is 9.53 Å². The molecule has 3 atom stereocenters. The SMILES string of the molecule is C=C[C@H](CO[Si](C)(C)C(C)(C)C)[C@H](/C=C/c1ccccc1)N[C@@H](CO)c1ccccc1. The molecule has 31 heavy (non-hydrogen) atoms. The molecule has 0 aromatic heterocycles. The van der Waals surface area contributed by atoms with Gasteiger partial charge in [0, 0.05) is 18.6 Å². The summed E-state index contributed by atoms with van der Waals surface area (Å²) in [6.45, 7) is 16.0. The Kier molecular flexibility index (Phi) is 9.45. The molecule has 0 unspecified atom stereocenters. The average molecular weight is 438 g/mol. The van der Waals surface area contributed by atoms with E-state index < -0.39 is 8.32 Å². The van der Waals surface area contributed by atoms with E-state index in [2.05, 4.69) is 70.0 Å². The van der Waals surface area contributed by atoms with E-state index in [4.69, 9.17) is 4.43 Å². The maximum Gasteiger partial charge on any atom is 0.192 e. The molecule has 0 heterocycles. The van der Waals surface area contributed by atoms with Crippen molar-refractivity contribution >= 4 is 14.4 Å². The topological polar surface area (TPSA) is 41.5 Å². The van der Waals surface area contributed by atoms with Crippen LogP contribution in [-0.4, -0.2) is 32.7 Å². The predicted molar refractivity (Wildman–Crippen MR) is 136 cm³/mol. The monoisotopic (exact) mass is 437 g/mol. The Morgan fingerprint density at radius 3 is 2.13 bits per heavy atom. The standard InChI is InChI=1S/C27H39NO2Si/c1-7-23(21-30-31(5,6)27(2,3)4)25(19-18-22-14-10-8-11-15-22)28-26(20-29)24-16-12-9-13-17-24/h7-19,23,25-26,28-29H,1,20-21H2,2-6H3/b19-18+/t23-,25+,26+/m1/s1. The summed E-state index contributed by atoms with van der Waals surface area (Å²) < 4.78 is 6.53. The molecule has 3 nitrogen and oxygen atoms in total. The van der Waals surface area contributed by atoms with Gasteiger partial charge in [-0.25, -0.2) is 0 Å². The number of nitrogens with one attached hydrogen (secondary N) is 1. The molecule has 0 fully saturated rings. The largest absolute Gasteiger partial charge is 0.416 e. The van der Waals surface area contributed by atoms with Crippen LogP contribution in [0.1, 0.15) is 37.9 Å². The first-order valence-corrected chi connectivity index (χ1v) is 14.0. The molecule has 168 valence electrons. The molecule has 0 saturated carbocycles. The number of hydrogen-bond acceptors (Lipinski definition) is 3. The third-order valence-corrected chi connectivity index (χ3v) is 10.8. The zero-order valence-electron chi connectivity index (χ0n) is 19.7. The van der Waals surface area contributed by atoms with Crippen molar-refractivity contribution in [3.8, 4) is 0 Å². The number of benzene rings is 2. The Morgan fingerprint density at radius 2 is 1.61 bits per heavy atom. The minimum Gasteiger partial charge on any atom is -0.416 e. The first-order chi connectivity index (χ1) is 14.7. The van der Waals surface area contributed by atoms with E-state index in [1.54, 1.807) is 0 Å². The number of aliphatic hydroxyl groups is 1. The van der Waals surface area contributed by atoms with E-state index in [9.17, 15) is 5.11 Å². The van der Waals surface area contributed by atoms with Gasteiger partial charge in [-0.15, -0.1) is 6.58 Å². The lowest BCUT2D eigenvalue weighted by Crippen LogP contribution is -2.45. The average Bonchev–Trinajstić information content (AvgIpc) is 2.75. The minimum atomic E-state index is -1.88. The second kappa shape index (κ2) is 11.6. The molecule has 2 aromatic rings. The molecule has 2 aromatic carbocycles. The molecule has 0 spiro atoms. The Bertz CT molecular complexity index is 812. The number of aliphatic hydroxyl groups excluding tert-OH is 1. The first-order valence-electron chi connectivity index (χ1n) is 11.1. The number of rotatable bonds is 11. The van der Waals surface area contributed by atoms with Crippen LogP contribution in [0.2, 0.25) is 18.1 Å². The fraction of sp³-hybridized carbons (Fsp3) is 0.407. The van der Waals surface area contributed by atoms with E-state index in [1.165, 1.54) is 0 Å². The molecular weight excluding hydrogens is 398 g/mol. The van der Waals surface area contributed by atoms with Crippen molar-refractivity contribution in [1.29, 1.82) is 0 Å². The third-order valence-electron chi connectivity index (χ3n) is 6.28. The van der Waals surface area contributed by atoms with Crippen molar-refractivity contribution in [2.24, 2.45) is 5.92 Å². The van der Waals surface area contributed by atoms with Crippen LogP contribution in [0.3, 0.4) is 0 Å². The second-order valence-corrected chi connectivity index (χ2v) is 14.4. The van der Waals surface area contributed by atoms with Gasteiger partial charge in [-0.2, -0.15) is 0 Å². The van der Waals surface area contributed by atoms with Crippen LogP contribution >= 0.6 is 0 Å². The van der Waals surface area contributed by atoms with Crippen molar-refractivity contribution in [1.82, 2.24) is 5.32 Å². The zero-order valence-corrected chi connectivity index (χ0v) is 20.7. The first kappa shape index (κ1) is 25.3. The lowest BCUT2D eigenvalue weighted by molar-refractivity contribution is 0.203. The summed E-state index contributed by atoms with van der Waals surface area (Å²) in [5.41, 5.74) is 2.21. The van der Waals surface area contributed by atoms with Crippen LogP contribution in [0.4, 0.5) is 0 Å². The molecule has 2 N–H and O–H groups in total. The van der Waals surface area contributed by atoms with Gasteiger partial charge in [0.15, 0.2) is 8.32 Å². The van der Waals surface area contributed by atoms with E-state index >= 15 is 0 Å². The minimum absolute atomic E-state index is 0.0205. The van der Waals surface area contributed by atoms with Gasteiger partial charge >= 0.3 is 0 Å². The van der Waals surface area contributed by atoms with Crippen LogP contribution in [0.25, 0.3) is 6.08 Å². The molecule has 0 aliphatic heterocycles. The summed E-state index contributed by atoms with van der Waals surface area (Å²) in [6, 6.07) is 20.1. The van der Waals surface area contributed by atoms with Crippen LogP contribution in [0, 0.1) is 5.92 Å². The highest BCUT2D eigenvalue weighted by atomic mass is 28.4. The van der Waals surface area contributed by atoms with Crippen LogP contribution < -0.4 is 5.32 Å². The predicted octanol–water partition coefficient (Wildman–Crippen LogP) is 6.22. The van der Waals surface area contributed by atoms with Gasteiger partial charge < -0.3 is 14.8 Å². The summed E-state index contributed by atoms with van der Waals surface area (Å²) in [6.07, 6.45) is 6.27. The highest BCUT2D eigenvalue weighted by Crippen LogP contribution is 2.37. The van der Waals surface area contributed by atoms with Gasteiger partial charge in [-0.05, 0) is 29.3 Å². The molecule has 0 bridgehead atoms. The van der Waals surface area contributed by atoms with Gasteiger partial charge in [-0.3, -0.25) is 0 Å². The fourth-order valence-corrected chi connectivity index (χ4v) is 4.15. The second-order valence-electron chi connectivity index (χ2n) is 9.58. The third kappa shape index (κ3) is 7.58. The van der Waals surface area contributed by atoms with Crippen LogP contribution in [-0.2, 0) is 4.43 Å². The quantitative estimate of drug-likeness (QED) is 0.324. The summed E-state index contributed by atoms with van der Waals surface area (Å²) in [5.74, 6) is 0.0758. The van der Waals surface area contributed by atoms with Gasteiger partial charge in [0.1, 0.15) is 0 Å². The highest BCUT2D eigenvalue weighted by molar-refractivity contribution is 6.74. The van der Waals surface area contributed by atoms with Crippen molar-refractivity contribution in [2.75, 3.05) is 13.2 Å². The summed E-state index contributed by atoms with van der Waals surface area (Å²) in [4.78, 5) is 0. The van der Waals surface area contributed by atoms with Crippen molar-refractivity contribution in [2.45, 2.75) is 51.0 Å². The Labute approximate surface area is 190 Å². The Morgan fingerprint density at radius 1 is 1.03 bits per heavy atom. The molecule has 0 aliphatic carbocycles. The molecular formula is C27H39NO2Si. The molecule has 0 saturated heterocycles. The van der Waals surface area contributed by atoms with E-state index in [0.29, 0.717) is 6.61 Å².